The van der Waals surface area contributed by atoms with Gasteiger partial charge in [-0.05, 0) is 49.9 Å². The number of pyridine rings is 1. The smallest absolute Gasteiger partial charge is 0.0726 e. The summed E-state index contributed by atoms with van der Waals surface area (Å²) in [6.07, 6.45) is 2.05. The summed E-state index contributed by atoms with van der Waals surface area (Å²) in [7, 11) is 0. The number of aromatic nitrogens is 1. The summed E-state index contributed by atoms with van der Waals surface area (Å²) < 4.78 is 0. The number of fused-ring (bicyclic) bond motifs is 1. The normalized spacial score (nSPS) is 10.9. The van der Waals surface area contributed by atoms with Gasteiger partial charge in [0, 0.05) is 23.3 Å². The van der Waals surface area contributed by atoms with Crippen LogP contribution in [0.1, 0.15) is 37.6 Å². The molecule has 1 heterocycles. The van der Waals surface area contributed by atoms with Gasteiger partial charge >= 0.3 is 0 Å². The van der Waals surface area contributed by atoms with Gasteiger partial charge in [-0.3, -0.25) is 4.98 Å². The van der Waals surface area contributed by atoms with Crippen molar-refractivity contribution in [2.75, 3.05) is 11.9 Å². The second-order valence-corrected chi connectivity index (χ2v) is 4.65. The minimum atomic E-state index is 0.944. The van der Waals surface area contributed by atoms with Crippen LogP contribution in [-0.2, 0) is 12.8 Å². The molecule has 0 amide bonds. The van der Waals surface area contributed by atoms with Gasteiger partial charge in [0.15, 0.2) is 0 Å². The third-order valence-electron chi connectivity index (χ3n) is 3.49. The van der Waals surface area contributed by atoms with Crippen molar-refractivity contribution in [3.05, 3.63) is 35.0 Å². The van der Waals surface area contributed by atoms with Gasteiger partial charge in [0.2, 0.25) is 0 Å². The molecule has 18 heavy (non-hydrogen) atoms. The molecule has 96 valence electrons. The highest BCUT2D eigenvalue weighted by Crippen LogP contribution is 2.29. The van der Waals surface area contributed by atoms with Gasteiger partial charge in [-0.2, -0.15) is 0 Å². The van der Waals surface area contributed by atoms with E-state index >= 15 is 0 Å². The van der Waals surface area contributed by atoms with Crippen molar-refractivity contribution in [1.29, 1.82) is 0 Å². The second kappa shape index (κ2) is 5.38. The molecule has 0 aliphatic heterocycles. The number of nitrogens with one attached hydrogen (secondary N) is 1. The van der Waals surface area contributed by atoms with Crippen molar-refractivity contribution in [2.24, 2.45) is 0 Å². The summed E-state index contributed by atoms with van der Waals surface area (Å²) in [6.45, 7) is 9.61. The van der Waals surface area contributed by atoms with Crippen LogP contribution in [-0.4, -0.2) is 11.5 Å². The van der Waals surface area contributed by atoms with Crippen molar-refractivity contribution in [1.82, 2.24) is 4.98 Å². The summed E-state index contributed by atoms with van der Waals surface area (Å²) in [5.41, 5.74) is 6.22. The Hall–Kier alpha value is -1.57. The first kappa shape index (κ1) is 12.9. The zero-order valence-corrected chi connectivity index (χ0v) is 11.8. The van der Waals surface area contributed by atoms with E-state index in [1.165, 1.54) is 27.9 Å². The van der Waals surface area contributed by atoms with Crippen molar-refractivity contribution >= 4 is 16.6 Å². The zero-order chi connectivity index (χ0) is 13.1. The van der Waals surface area contributed by atoms with E-state index in [0.29, 0.717) is 0 Å². The highest BCUT2D eigenvalue weighted by molar-refractivity contribution is 5.93. The van der Waals surface area contributed by atoms with Crippen LogP contribution >= 0.6 is 0 Å². The van der Waals surface area contributed by atoms with Crippen LogP contribution in [0.2, 0.25) is 0 Å². The Labute approximate surface area is 109 Å². The lowest BCUT2D eigenvalue weighted by atomic mass is 10.0. The summed E-state index contributed by atoms with van der Waals surface area (Å²) in [4.78, 5) is 4.77. The van der Waals surface area contributed by atoms with Crippen LogP contribution in [0.5, 0.6) is 0 Å². The predicted octanol–water partition coefficient (Wildman–Crippen LogP) is 4.10. The lowest BCUT2D eigenvalue weighted by Gasteiger charge is -2.15. The Morgan fingerprint density at radius 3 is 2.50 bits per heavy atom. The molecule has 2 heteroatoms. The average molecular weight is 242 g/mol. The molecule has 0 aliphatic carbocycles. The second-order valence-electron chi connectivity index (χ2n) is 4.65. The number of anilines is 1. The van der Waals surface area contributed by atoms with Crippen LogP contribution in [0.4, 0.5) is 5.69 Å². The van der Waals surface area contributed by atoms with Gasteiger partial charge in [-0.1, -0.05) is 19.9 Å². The molecular formula is C16H22N2. The van der Waals surface area contributed by atoms with E-state index in [2.05, 4.69) is 51.2 Å². The van der Waals surface area contributed by atoms with Crippen LogP contribution in [0.15, 0.2) is 18.2 Å². The molecule has 1 N–H and O–H groups in total. The molecular weight excluding hydrogens is 220 g/mol. The third kappa shape index (κ3) is 2.20. The van der Waals surface area contributed by atoms with E-state index in [1.54, 1.807) is 0 Å². The molecule has 0 atom stereocenters. The average Bonchev–Trinajstić information content (AvgIpc) is 2.41. The third-order valence-corrected chi connectivity index (χ3v) is 3.49. The maximum absolute atomic E-state index is 4.77. The fraction of sp³-hybridized carbons (Fsp3) is 0.438. The van der Waals surface area contributed by atoms with Crippen LogP contribution in [0.3, 0.4) is 0 Å². The SMILES string of the molecule is CCNc1c(C)c(CC)nc2ccc(CC)cc12. The molecule has 0 aliphatic rings. The first-order chi connectivity index (χ1) is 8.71. The number of hydrogen-bond donors (Lipinski definition) is 1. The monoisotopic (exact) mass is 242 g/mol. The summed E-state index contributed by atoms with van der Waals surface area (Å²) in [6, 6.07) is 6.60. The van der Waals surface area contributed by atoms with E-state index in [0.717, 1.165) is 24.9 Å². The van der Waals surface area contributed by atoms with E-state index in [9.17, 15) is 0 Å². The maximum Gasteiger partial charge on any atom is 0.0726 e. The molecule has 2 nitrogen and oxygen atoms in total. The lowest BCUT2D eigenvalue weighted by molar-refractivity contribution is 1.02. The Morgan fingerprint density at radius 2 is 1.89 bits per heavy atom. The largest absolute Gasteiger partial charge is 0.385 e. The zero-order valence-electron chi connectivity index (χ0n) is 11.8. The maximum atomic E-state index is 4.77. The van der Waals surface area contributed by atoms with Crippen molar-refractivity contribution in [2.45, 2.75) is 40.5 Å². The Kier molecular flexibility index (Phi) is 3.85. The molecule has 0 saturated carbocycles. The van der Waals surface area contributed by atoms with Crippen molar-refractivity contribution < 1.29 is 0 Å². The van der Waals surface area contributed by atoms with Gasteiger partial charge in [-0.15, -0.1) is 0 Å². The van der Waals surface area contributed by atoms with Crippen LogP contribution < -0.4 is 5.32 Å². The molecule has 2 rings (SSSR count). The molecule has 0 spiro atoms. The number of benzene rings is 1. The van der Waals surface area contributed by atoms with Crippen LogP contribution in [0.25, 0.3) is 10.9 Å². The topological polar surface area (TPSA) is 24.9 Å². The molecule has 0 bridgehead atoms. The molecule has 1 aromatic heterocycles. The lowest BCUT2D eigenvalue weighted by Crippen LogP contribution is -2.04. The fourth-order valence-electron chi connectivity index (χ4n) is 2.43. The number of rotatable bonds is 4. The molecule has 0 unspecified atom stereocenters. The Balaban J connectivity index is 2.74. The molecule has 0 saturated heterocycles. The van der Waals surface area contributed by atoms with Gasteiger partial charge in [0.25, 0.3) is 0 Å². The van der Waals surface area contributed by atoms with Crippen LogP contribution in [0, 0.1) is 6.92 Å². The quantitative estimate of drug-likeness (QED) is 0.873. The molecule has 1 aromatic carbocycles. The Bertz CT molecular complexity index is 559. The van der Waals surface area contributed by atoms with Gasteiger partial charge in [0.05, 0.1) is 5.52 Å². The summed E-state index contributed by atoms with van der Waals surface area (Å²) in [5.74, 6) is 0. The minimum absolute atomic E-state index is 0.944. The van der Waals surface area contributed by atoms with Gasteiger partial charge < -0.3 is 5.32 Å². The van der Waals surface area contributed by atoms with E-state index in [1.807, 2.05) is 0 Å². The molecule has 2 aromatic rings. The first-order valence-electron chi connectivity index (χ1n) is 6.87. The predicted molar refractivity (Wildman–Crippen MR) is 79.4 cm³/mol. The van der Waals surface area contributed by atoms with Gasteiger partial charge in [0.1, 0.15) is 0 Å². The fourth-order valence-corrected chi connectivity index (χ4v) is 2.43. The number of nitrogens with zero attached hydrogens (tertiary/aromatic N) is 1. The number of aryl methyl sites for hydroxylation is 2. The first-order valence-corrected chi connectivity index (χ1v) is 6.87. The van der Waals surface area contributed by atoms with E-state index < -0.39 is 0 Å². The highest BCUT2D eigenvalue weighted by Gasteiger charge is 2.10. The standard InChI is InChI=1S/C16H22N2/c1-5-12-8-9-15-13(10-12)16(17-7-3)11(4)14(6-2)18-15/h8-10H,5-7H2,1-4H3,(H,17,18). The van der Waals surface area contributed by atoms with Crippen molar-refractivity contribution in [3.8, 4) is 0 Å². The Morgan fingerprint density at radius 1 is 1.11 bits per heavy atom. The molecule has 0 radical (unpaired) electrons. The highest BCUT2D eigenvalue weighted by atomic mass is 14.9. The van der Waals surface area contributed by atoms with E-state index in [-0.39, 0.29) is 0 Å². The number of hydrogen-bond acceptors (Lipinski definition) is 2. The molecule has 0 fully saturated rings. The van der Waals surface area contributed by atoms with E-state index in [4.69, 9.17) is 4.98 Å². The minimum Gasteiger partial charge on any atom is -0.385 e. The summed E-state index contributed by atoms with van der Waals surface area (Å²) in [5, 5.41) is 4.76. The van der Waals surface area contributed by atoms with Crippen molar-refractivity contribution in [3.63, 3.8) is 0 Å². The summed E-state index contributed by atoms with van der Waals surface area (Å²) >= 11 is 0. The van der Waals surface area contributed by atoms with Gasteiger partial charge in [-0.25, -0.2) is 0 Å².